The van der Waals surface area contributed by atoms with Crippen molar-refractivity contribution in [3.63, 3.8) is 0 Å². The Morgan fingerprint density at radius 1 is 1.33 bits per heavy atom. The Morgan fingerprint density at radius 2 is 2.08 bits per heavy atom. The van der Waals surface area contributed by atoms with E-state index in [-0.39, 0.29) is 5.52 Å². The van der Waals surface area contributed by atoms with Gasteiger partial charge in [0.2, 0.25) is 0 Å². The first kappa shape index (κ1) is 7.67. The number of aromatic amines is 1. The second-order valence-corrected chi connectivity index (χ2v) is 3.23. The third kappa shape index (κ3) is 1.10. The normalized spacial score (nSPS) is 10.9. The van der Waals surface area contributed by atoms with Crippen LogP contribution in [0, 0.1) is 11.9 Å². The molecule has 0 saturated heterocycles. The molecule has 12 heavy (non-hydrogen) atoms. The number of hydrogen-bond donors (Lipinski definition) is 1. The van der Waals surface area contributed by atoms with Crippen molar-refractivity contribution in [3.05, 3.63) is 28.5 Å². The van der Waals surface area contributed by atoms with Gasteiger partial charge in [0.1, 0.15) is 5.52 Å². The van der Waals surface area contributed by atoms with Crippen LogP contribution in [0.25, 0.3) is 11.0 Å². The lowest BCUT2D eigenvalue weighted by atomic mass is 10.3. The van der Waals surface area contributed by atoms with E-state index in [9.17, 15) is 8.78 Å². The molecular weight excluding hydrogens is 230 g/mol. The van der Waals surface area contributed by atoms with Gasteiger partial charge in [0.25, 0.3) is 6.08 Å². The Labute approximate surface area is 74.7 Å². The van der Waals surface area contributed by atoms with Crippen molar-refractivity contribution < 1.29 is 8.78 Å². The first-order chi connectivity index (χ1) is 5.66. The van der Waals surface area contributed by atoms with Gasteiger partial charge in [-0.3, -0.25) is 0 Å². The van der Waals surface area contributed by atoms with Crippen molar-refractivity contribution in [2.45, 2.75) is 0 Å². The quantitative estimate of drug-likeness (QED) is 0.744. The highest BCUT2D eigenvalue weighted by atomic mass is 79.9. The first-order valence-electron chi connectivity index (χ1n) is 3.17. The number of fused-ring (bicyclic) bond motifs is 1. The Balaban J connectivity index is 2.88. The fraction of sp³-hybridized carbons (Fsp3) is 0. The molecule has 0 radical (unpaired) electrons. The van der Waals surface area contributed by atoms with Gasteiger partial charge < -0.3 is 4.98 Å². The molecular formula is C7H3BrF2N2. The van der Waals surface area contributed by atoms with E-state index in [1.165, 1.54) is 6.07 Å². The van der Waals surface area contributed by atoms with E-state index in [1.54, 1.807) is 6.07 Å². The van der Waals surface area contributed by atoms with Crippen LogP contribution in [-0.2, 0) is 0 Å². The molecule has 0 unspecified atom stereocenters. The Hall–Kier alpha value is -0.970. The molecule has 2 aromatic rings. The molecule has 2 rings (SSSR count). The maximum atomic E-state index is 13.0. The van der Waals surface area contributed by atoms with Crippen LogP contribution in [0.1, 0.15) is 0 Å². The second kappa shape index (κ2) is 2.52. The van der Waals surface area contributed by atoms with Crippen molar-refractivity contribution in [2.24, 2.45) is 0 Å². The van der Waals surface area contributed by atoms with E-state index in [0.29, 0.717) is 9.99 Å². The number of benzene rings is 1. The summed E-state index contributed by atoms with van der Waals surface area (Å²) in [6.45, 7) is 0. The third-order valence-electron chi connectivity index (χ3n) is 1.48. The molecule has 0 fully saturated rings. The molecule has 5 heteroatoms. The summed E-state index contributed by atoms with van der Waals surface area (Å²) in [6.07, 6.45) is -0.776. The zero-order valence-corrected chi connectivity index (χ0v) is 7.32. The van der Waals surface area contributed by atoms with Gasteiger partial charge in [-0.15, -0.1) is 0 Å². The van der Waals surface area contributed by atoms with E-state index in [4.69, 9.17) is 0 Å². The highest BCUT2D eigenvalue weighted by molar-refractivity contribution is 9.10. The minimum atomic E-state index is -0.776. The van der Waals surface area contributed by atoms with Gasteiger partial charge in [-0.2, -0.15) is 9.37 Å². The number of nitrogens with zero attached hydrogens (tertiary/aromatic N) is 1. The largest absolute Gasteiger partial charge is 0.314 e. The highest BCUT2D eigenvalue weighted by Crippen LogP contribution is 2.20. The zero-order valence-electron chi connectivity index (χ0n) is 5.74. The molecule has 2 nitrogen and oxygen atoms in total. The lowest BCUT2D eigenvalue weighted by molar-refractivity contribution is 0.554. The molecule has 1 aromatic heterocycles. The number of H-pyrrole nitrogens is 1. The monoisotopic (exact) mass is 232 g/mol. The van der Waals surface area contributed by atoms with Crippen LogP contribution >= 0.6 is 15.9 Å². The van der Waals surface area contributed by atoms with Gasteiger partial charge >= 0.3 is 0 Å². The molecule has 0 aliphatic heterocycles. The summed E-state index contributed by atoms with van der Waals surface area (Å²) in [5, 5.41) is 0. The SMILES string of the molecule is Fc1nc2c(F)cc(Br)cc2[nH]1. The summed E-state index contributed by atoms with van der Waals surface area (Å²) in [5.41, 5.74) is 0.370. The molecule has 1 aromatic carbocycles. The molecule has 0 aliphatic rings. The van der Waals surface area contributed by atoms with Gasteiger partial charge in [-0.05, 0) is 12.1 Å². The van der Waals surface area contributed by atoms with Gasteiger partial charge in [0.15, 0.2) is 5.82 Å². The number of imidazole rings is 1. The zero-order chi connectivity index (χ0) is 8.72. The predicted molar refractivity (Wildman–Crippen MR) is 43.7 cm³/mol. The lowest BCUT2D eigenvalue weighted by Crippen LogP contribution is -1.77. The third-order valence-corrected chi connectivity index (χ3v) is 1.93. The van der Waals surface area contributed by atoms with Gasteiger partial charge in [-0.1, -0.05) is 15.9 Å². The predicted octanol–water partition coefficient (Wildman–Crippen LogP) is 2.60. The topological polar surface area (TPSA) is 28.7 Å². The van der Waals surface area contributed by atoms with Crippen LogP contribution in [0.3, 0.4) is 0 Å². The van der Waals surface area contributed by atoms with E-state index in [0.717, 1.165) is 0 Å². The van der Waals surface area contributed by atoms with Crippen LogP contribution in [0.2, 0.25) is 0 Å². The fourth-order valence-corrected chi connectivity index (χ4v) is 1.44. The van der Waals surface area contributed by atoms with E-state index in [1.807, 2.05) is 0 Å². The van der Waals surface area contributed by atoms with Crippen LogP contribution in [0.4, 0.5) is 8.78 Å². The number of aromatic nitrogens is 2. The summed E-state index contributed by atoms with van der Waals surface area (Å²) >= 11 is 3.08. The van der Waals surface area contributed by atoms with E-state index < -0.39 is 11.9 Å². The van der Waals surface area contributed by atoms with Crippen LogP contribution < -0.4 is 0 Å². The molecule has 0 amide bonds. The van der Waals surface area contributed by atoms with Gasteiger partial charge in [0, 0.05) is 4.47 Å². The summed E-state index contributed by atoms with van der Waals surface area (Å²) in [5.74, 6) is -0.542. The molecule has 0 bridgehead atoms. The van der Waals surface area contributed by atoms with Gasteiger partial charge in [0.05, 0.1) is 5.52 Å². The summed E-state index contributed by atoms with van der Waals surface area (Å²) in [6, 6.07) is 2.80. The maximum absolute atomic E-state index is 13.0. The number of rotatable bonds is 0. The molecule has 0 saturated carbocycles. The molecule has 0 atom stereocenters. The Kier molecular flexibility index (Phi) is 1.61. The average Bonchev–Trinajstić information content (AvgIpc) is 2.29. The van der Waals surface area contributed by atoms with E-state index >= 15 is 0 Å². The van der Waals surface area contributed by atoms with Crippen molar-refractivity contribution in [1.82, 2.24) is 9.97 Å². The second-order valence-electron chi connectivity index (χ2n) is 2.31. The van der Waals surface area contributed by atoms with Crippen molar-refractivity contribution in [1.29, 1.82) is 0 Å². The van der Waals surface area contributed by atoms with E-state index in [2.05, 4.69) is 25.9 Å². The smallest absolute Gasteiger partial charge is 0.287 e. The number of hydrogen-bond acceptors (Lipinski definition) is 1. The lowest BCUT2D eigenvalue weighted by Gasteiger charge is -1.91. The average molecular weight is 233 g/mol. The van der Waals surface area contributed by atoms with Crippen LogP contribution in [0.5, 0.6) is 0 Å². The summed E-state index contributed by atoms with van der Waals surface area (Å²) in [7, 11) is 0. The standard InChI is InChI=1S/C7H3BrF2N2/c8-3-1-4(9)6-5(2-3)11-7(10)12-6/h1-2H,(H,11,12). The van der Waals surface area contributed by atoms with Crippen LogP contribution in [-0.4, -0.2) is 9.97 Å². The highest BCUT2D eigenvalue weighted by Gasteiger charge is 2.07. The minimum Gasteiger partial charge on any atom is -0.314 e. The minimum absolute atomic E-state index is 0.0238. The molecule has 1 heterocycles. The van der Waals surface area contributed by atoms with Crippen molar-refractivity contribution in [3.8, 4) is 0 Å². The molecule has 62 valence electrons. The van der Waals surface area contributed by atoms with Crippen LogP contribution in [0.15, 0.2) is 16.6 Å². The first-order valence-corrected chi connectivity index (χ1v) is 3.96. The Bertz CT molecular complexity index is 438. The fourth-order valence-electron chi connectivity index (χ4n) is 1.01. The Morgan fingerprint density at radius 3 is 2.83 bits per heavy atom. The van der Waals surface area contributed by atoms with Crippen molar-refractivity contribution >= 4 is 27.0 Å². The van der Waals surface area contributed by atoms with Gasteiger partial charge in [-0.25, -0.2) is 4.39 Å². The number of nitrogens with one attached hydrogen (secondary N) is 1. The summed E-state index contributed by atoms with van der Waals surface area (Å²) < 4.78 is 26.0. The number of halogens is 3. The van der Waals surface area contributed by atoms with Crippen molar-refractivity contribution in [2.75, 3.05) is 0 Å². The maximum Gasteiger partial charge on any atom is 0.287 e. The summed E-state index contributed by atoms with van der Waals surface area (Å²) in [4.78, 5) is 5.63. The molecule has 1 N–H and O–H groups in total. The molecule has 0 aliphatic carbocycles. The molecule has 0 spiro atoms.